The number of nitro benzene ring substituents is 1. The molecule has 2 aromatic rings. The summed E-state index contributed by atoms with van der Waals surface area (Å²) in [5.74, 6) is 0.363. The first-order valence-electron chi connectivity index (χ1n) is 6.79. The van der Waals surface area contributed by atoms with E-state index in [4.69, 9.17) is 4.74 Å². The Morgan fingerprint density at radius 1 is 1.23 bits per heavy atom. The number of nitrogens with one attached hydrogen (secondary N) is 1. The summed E-state index contributed by atoms with van der Waals surface area (Å²) in [6.45, 7) is 2.27. The van der Waals surface area contributed by atoms with E-state index < -0.39 is 4.92 Å². The van der Waals surface area contributed by atoms with Crippen molar-refractivity contribution in [3.63, 3.8) is 0 Å². The molecule has 0 atom stereocenters. The molecule has 0 fully saturated rings. The second kappa shape index (κ2) is 7.21. The Balaban J connectivity index is 1.87. The molecule has 6 nitrogen and oxygen atoms in total. The summed E-state index contributed by atoms with van der Waals surface area (Å²) >= 11 is 0. The molecule has 0 unspecified atom stereocenters. The molecule has 0 bridgehead atoms. The normalized spacial score (nSPS) is 10.0. The second-order valence-electron chi connectivity index (χ2n) is 4.68. The third kappa shape index (κ3) is 4.05. The van der Waals surface area contributed by atoms with Crippen molar-refractivity contribution in [3.05, 3.63) is 69.8 Å². The molecule has 0 aromatic heterocycles. The van der Waals surface area contributed by atoms with E-state index in [1.807, 2.05) is 30.3 Å². The number of hydrogen-bond acceptors (Lipinski definition) is 4. The van der Waals surface area contributed by atoms with Gasteiger partial charge < -0.3 is 10.1 Å². The first kappa shape index (κ1) is 15.5. The summed E-state index contributed by atoms with van der Waals surface area (Å²) in [5.41, 5.74) is 0.721. The lowest BCUT2D eigenvalue weighted by Crippen LogP contribution is -2.28. The molecular weight excluding hydrogens is 284 g/mol. The van der Waals surface area contributed by atoms with Crippen LogP contribution >= 0.6 is 0 Å². The quantitative estimate of drug-likeness (QED) is 0.505. The van der Waals surface area contributed by atoms with Crippen molar-refractivity contribution in [2.24, 2.45) is 0 Å². The molecule has 0 radical (unpaired) electrons. The van der Waals surface area contributed by atoms with Crippen LogP contribution in [0.4, 0.5) is 5.69 Å². The highest BCUT2D eigenvalue weighted by Crippen LogP contribution is 2.19. The summed E-state index contributed by atoms with van der Waals surface area (Å²) in [7, 11) is 0. The topological polar surface area (TPSA) is 81.5 Å². The Bertz CT molecular complexity index is 671. The molecule has 22 heavy (non-hydrogen) atoms. The molecule has 0 aliphatic carbocycles. The van der Waals surface area contributed by atoms with Crippen LogP contribution in [0, 0.1) is 17.0 Å². The van der Waals surface area contributed by atoms with Crippen LogP contribution in [0.5, 0.6) is 5.75 Å². The molecular formula is C16H16N2O4. The maximum absolute atomic E-state index is 12.0. The molecule has 2 aromatic carbocycles. The fourth-order valence-electron chi connectivity index (χ4n) is 1.90. The number of carbonyl (C=O) groups is 1. The molecule has 1 N–H and O–H groups in total. The monoisotopic (exact) mass is 300 g/mol. The third-order valence-corrected chi connectivity index (χ3v) is 3.07. The van der Waals surface area contributed by atoms with Crippen molar-refractivity contribution in [3.8, 4) is 5.75 Å². The van der Waals surface area contributed by atoms with Crippen LogP contribution in [0.1, 0.15) is 15.9 Å². The predicted octanol–water partition coefficient (Wildman–Crippen LogP) is 2.71. The summed E-state index contributed by atoms with van der Waals surface area (Å²) in [6, 6.07) is 13.7. The Hall–Kier alpha value is -2.89. The lowest BCUT2D eigenvalue weighted by Gasteiger charge is -2.08. The zero-order valence-corrected chi connectivity index (χ0v) is 12.1. The zero-order chi connectivity index (χ0) is 15.9. The number of amides is 1. The maximum Gasteiger partial charge on any atom is 0.273 e. The van der Waals surface area contributed by atoms with Crippen molar-refractivity contribution < 1.29 is 14.5 Å². The van der Waals surface area contributed by atoms with Gasteiger partial charge in [-0.3, -0.25) is 14.9 Å². The van der Waals surface area contributed by atoms with Crippen LogP contribution in [-0.4, -0.2) is 24.0 Å². The van der Waals surface area contributed by atoms with Crippen molar-refractivity contribution in [1.29, 1.82) is 0 Å². The van der Waals surface area contributed by atoms with Crippen LogP contribution in [-0.2, 0) is 0 Å². The van der Waals surface area contributed by atoms with Crippen LogP contribution in [0.25, 0.3) is 0 Å². The summed E-state index contributed by atoms with van der Waals surface area (Å²) < 4.78 is 5.45. The molecule has 0 heterocycles. The minimum absolute atomic E-state index is 0.0619. The Labute approximate surface area is 127 Å². The molecule has 0 spiro atoms. The van der Waals surface area contributed by atoms with E-state index in [1.54, 1.807) is 19.1 Å². The minimum atomic E-state index is -0.495. The lowest BCUT2D eigenvalue weighted by atomic mass is 10.1. The number of nitro groups is 1. The van der Waals surface area contributed by atoms with Crippen LogP contribution in [0.2, 0.25) is 0 Å². The van der Waals surface area contributed by atoms with Gasteiger partial charge in [0, 0.05) is 17.2 Å². The summed E-state index contributed by atoms with van der Waals surface area (Å²) in [4.78, 5) is 22.3. The van der Waals surface area contributed by atoms with Crippen molar-refractivity contribution >= 4 is 11.6 Å². The minimum Gasteiger partial charge on any atom is -0.492 e. The van der Waals surface area contributed by atoms with E-state index in [1.165, 1.54) is 6.07 Å². The van der Waals surface area contributed by atoms with E-state index >= 15 is 0 Å². The van der Waals surface area contributed by atoms with Crippen molar-refractivity contribution in [2.45, 2.75) is 6.92 Å². The SMILES string of the molecule is Cc1ccc(C(=O)NCCOc2ccccc2)cc1[N+](=O)[O-]. The van der Waals surface area contributed by atoms with Gasteiger partial charge in [0.15, 0.2) is 0 Å². The standard InChI is InChI=1S/C16H16N2O4/c1-12-7-8-13(11-15(12)18(20)21)16(19)17-9-10-22-14-5-3-2-4-6-14/h2-8,11H,9-10H2,1H3,(H,17,19). The number of para-hydroxylation sites is 1. The highest BCUT2D eigenvalue weighted by atomic mass is 16.6. The van der Waals surface area contributed by atoms with Crippen LogP contribution in [0.3, 0.4) is 0 Å². The molecule has 2 rings (SSSR count). The van der Waals surface area contributed by atoms with Gasteiger partial charge in [-0.25, -0.2) is 0 Å². The first-order chi connectivity index (χ1) is 10.6. The fraction of sp³-hybridized carbons (Fsp3) is 0.188. The van der Waals surface area contributed by atoms with E-state index in [9.17, 15) is 14.9 Å². The van der Waals surface area contributed by atoms with Crippen LogP contribution in [0.15, 0.2) is 48.5 Å². The Morgan fingerprint density at radius 2 is 1.95 bits per heavy atom. The van der Waals surface area contributed by atoms with Gasteiger partial charge in [0.2, 0.25) is 0 Å². The van der Waals surface area contributed by atoms with Gasteiger partial charge in [0.25, 0.3) is 11.6 Å². The van der Waals surface area contributed by atoms with Gasteiger partial charge in [-0.2, -0.15) is 0 Å². The Morgan fingerprint density at radius 3 is 2.64 bits per heavy atom. The highest BCUT2D eigenvalue weighted by Gasteiger charge is 2.14. The number of ether oxygens (including phenoxy) is 1. The molecule has 6 heteroatoms. The van der Waals surface area contributed by atoms with E-state index in [-0.39, 0.29) is 17.2 Å². The van der Waals surface area contributed by atoms with E-state index in [0.29, 0.717) is 18.7 Å². The van der Waals surface area contributed by atoms with Gasteiger partial charge in [-0.1, -0.05) is 24.3 Å². The largest absolute Gasteiger partial charge is 0.492 e. The van der Waals surface area contributed by atoms with Gasteiger partial charge in [0.05, 0.1) is 11.5 Å². The van der Waals surface area contributed by atoms with Gasteiger partial charge >= 0.3 is 0 Å². The van der Waals surface area contributed by atoms with Crippen LogP contribution < -0.4 is 10.1 Å². The number of hydrogen-bond donors (Lipinski definition) is 1. The zero-order valence-electron chi connectivity index (χ0n) is 12.1. The number of carbonyl (C=O) groups excluding carboxylic acids is 1. The summed E-state index contributed by atoms with van der Waals surface area (Å²) in [6.07, 6.45) is 0. The van der Waals surface area contributed by atoms with E-state index in [2.05, 4.69) is 5.32 Å². The van der Waals surface area contributed by atoms with Gasteiger partial charge in [0.1, 0.15) is 12.4 Å². The molecule has 0 saturated carbocycles. The lowest BCUT2D eigenvalue weighted by molar-refractivity contribution is -0.385. The maximum atomic E-state index is 12.0. The smallest absolute Gasteiger partial charge is 0.273 e. The molecule has 114 valence electrons. The molecule has 0 aliphatic rings. The molecule has 0 saturated heterocycles. The first-order valence-corrected chi connectivity index (χ1v) is 6.79. The van der Waals surface area contributed by atoms with Crippen molar-refractivity contribution in [1.82, 2.24) is 5.32 Å². The average Bonchev–Trinajstić information content (AvgIpc) is 2.52. The summed E-state index contributed by atoms with van der Waals surface area (Å²) in [5, 5.41) is 13.5. The highest BCUT2D eigenvalue weighted by molar-refractivity contribution is 5.94. The van der Waals surface area contributed by atoms with Crippen molar-refractivity contribution in [2.75, 3.05) is 13.2 Å². The van der Waals surface area contributed by atoms with Gasteiger partial charge in [-0.05, 0) is 25.1 Å². The van der Waals surface area contributed by atoms with Gasteiger partial charge in [-0.15, -0.1) is 0 Å². The molecule has 0 aliphatic heterocycles. The average molecular weight is 300 g/mol. The fourth-order valence-corrected chi connectivity index (χ4v) is 1.90. The number of rotatable bonds is 6. The number of aryl methyl sites for hydroxylation is 1. The van der Waals surface area contributed by atoms with E-state index in [0.717, 1.165) is 5.75 Å². The number of benzene rings is 2. The second-order valence-corrected chi connectivity index (χ2v) is 4.68. The predicted molar refractivity (Wildman–Crippen MR) is 82.1 cm³/mol. The number of nitrogens with zero attached hydrogens (tertiary/aromatic N) is 1. The molecule has 1 amide bonds. The Kier molecular flexibility index (Phi) is 5.08. The third-order valence-electron chi connectivity index (χ3n) is 3.07.